The van der Waals surface area contributed by atoms with E-state index in [9.17, 15) is 34.2 Å². The van der Waals surface area contributed by atoms with Gasteiger partial charge >= 0.3 is 11.9 Å². The molecule has 0 aliphatic heterocycles. The second-order valence-corrected chi connectivity index (χ2v) is 14.0. The maximum atomic E-state index is 13.2. The van der Waals surface area contributed by atoms with E-state index in [0.717, 1.165) is 0 Å². The number of hydrogen-bond donors (Lipinski definition) is 7. The smallest absolute Gasteiger partial charge is 0.326 e. The number of amides is 3. The lowest BCUT2D eigenvalue weighted by Gasteiger charge is -2.23. The lowest BCUT2D eigenvalue weighted by Crippen LogP contribution is -2.52. The first-order valence-corrected chi connectivity index (χ1v) is 17.1. The van der Waals surface area contributed by atoms with Crippen LogP contribution in [0.2, 0.25) is 0 Å². The number of benzene rings is 2. The van der Waals surface area contributed by atoms with Crippen LogP contribution in [0, 0.1) is 22.8 Å². The summed E-state index contributed by atoms with van der Waals surface area (Å²) in [5.41, 5.74) is 1.50. The molecule has 0 aromatic heterocycles. The number of carboxylic acids is 2. The zero-order valence-corrected chi connectivity index (χ0v) is 30.6. The van der Waals surface area contributed by atoms with E-state index >= 15 is 0 Å². The molecule has 15 heteroatoms. The molecule has 2 aromatic carbocycles. The highest BCUT2D eigenvalue weighted by Gasteiger charge is 2.28. The quantitative estimate of drug-likeness (QED) is 0.0359. The van der Waals surface area contributed by atoms with Crippen molar-refractivity contribution in [1.82, 2.24) is 21.3 Å². The average molecular weight is 722 g/mol. The van der Waals surface area contributed by atoms with E-state index in [0.29, 0.717) is 29.1 Å². The SMILES string of the molecule is COc1ccc(NC(=Nc2ccc(CC(=O)NC(CC(C)C)C(=O)NC(CCCCC(NC(=O)CC(C)(C)C)C(=O)O)C(=O)O)cc2)NC#N)cc1. The van der Waals surface area contributed by atoms with Crippen molar-refractivity contribution in [3.63, 3.8) is 0 Å². The Balaban J connectivity index is 1.98. The minimum atomic E-state index is -1.26. The molecule has 3 unspecified atom stereocenters. The summed E-state index contributed by atoms with van der Waals surface area (Å²) in [4.78, 5) is 66.6. The molecular formula is C37H51N7O8. The van der Waals surface area contributed by atoms with Crippen LogP contribution in [0.1, 0.15) is 78.7 Å². The number of guanidine groups is 1. The second-order valence-electron chi connectivity index (χ2n) is 14.0. The summed E-state index contributed by atoms with van der Waals surface area (Å²) in [6.07, 6.45) is 2.92. The third kappa shape index (κ3) is 16.4. The molecule has 0 radical (unpaired) electrons. The number of aliphatic carboxylic acids is 2. The van der Waals surface area contributed by atoms with Crippen LogP contribution in [-0.4, -0.2) is 71.1 Å². The molecule has 3 atom stereocenters. The fourth-order valence-corrected chi connectivity index (χ4v) is 5.11. The number of carboxylic acid groups (broad SMARTS) is 2. The minimum Gasteiger partial charge on any atom is -0.497 e. The van der Waals surface area contributed by atoms with Crippen molar-refractivity contribution in [2.24, 2.45) is 16.3 Å². The van der Waals surface area contributed by atoms with Crippen LogP contribution in [0.5, 0.6) is 5.75 Å². The molecule has 0 saturated heterocycles. The van der Waals surface area contributed by atoms with Gasteiger partial charge < -0.3 is 36.2 Å². The molecule has 282 valence electrons. The fraction of sp³-hybridized carbons (Fsp3) is 0.486. The number of aliphatic imine (C=N–C) groups is 1. The van der Waals surface area contributed by atoms with E-state index in [4.69, 9.17) is 10.00 Å². The van der Waals surface area contributed by atoms with Gasteiger partial charge in [0.1, 0.15) is 23.9 Å². The van der Waals surface area contributed by atoms with Gasteiger partial charge in [-0.05, 0) is 72.6 Å². The Morgan fingerprint density at radius 1 is 0.827 bits per heavy atom. The zero-order valence-electron chi connectivity index (χ0n) is 30.6. The van der Waals surface area contributed by atoms with Crippen molar-refractivity contribution in [3.05, 3.63) is 54.1 Å². The molecule has 7 N–H and O–H groups in total. The molecule has 0 aliphatic rings. The Morgan fingerprint density at radius 3 is 1.88 bits per heavy atom. The number of nitriles is 1. The Kier molecular flexibility index (Phi) is 17.1. The summed E-state index contributed by atoms with van der Waals surface area (Å²) in [5.74, 6) is -3.03. The number of hydrogen-bond acceptors (Lipinski definition) is 8. The van der Waals surface area contributed by atoms with Gasteiger partial charge in [-0.3, -0.25) is 19.7 Å². The van der Waals surface area contributed by atoms with Crippen molar-refractivity contribution in [2.75, 3.05) is 12.4 Å². The molecule has 2 rings (SSSR count). The van der Waals surface area contributed by atoms with Crippen LogP contribution in [0.25, 0.3) is 0 Å². The average Bonchev–Trinajstić information content (AvgIpc) is 3.05. The van der Waals surface area contributed by atoms with Crippen LogP contribution in [0.3, 0.4) is 0 Å². The normalized spacial score (nSPS) is 13.2. The topological polar surface area (TPSA) is 231 Å². The van der Waals surface area contributed by atoms with Crippen molar-refractivity contribution < 1.29 is 38.9 Å². The van der Waals surface area contributed by atoms with E-state index < -0.39 is 41.9 Å². The largest absolute Gasteiger partial charge is 0.497 e. The van der Waals surface area contributed by atoms with E-state index in [2.05, 4.69) is 31.6 Å². The monoisotopic (exact) mass is 721 g/mol. The number of anilines is 1. The van der Waals surface area contributed by atoms with Crippen molar-refractivity contribution in [2.45, 2.75) is 97.7 Å². The van der Waals surface area contributed by atoms with Gasteiger partial charge in [-0.2, -0.15) is 5.26 Å². The number of carbonyl (C=O) groups excluding carboxylic acids is 3. The van der Waals surface area contributed by atoms with Crippen LogP contribution in [0.4, 0.5) is 11.4 Å². The molecule has 15 nitrogen and oxygen atoms in total. The number of nitrogens with one attached hydrogen (secondary N) is 5. The highest BCUT2D eigenvalue weighted by molar-refractivity contribution is 5.96. The molecular weight excluding hydrogens is 670 g/mol. The number of unbranched alkanes of at least 4 members (excludes halogenated alkanes) is 1. The van der Waals surface area contributed by atoms with Gasteiger partial charge in [0.15, 0.2) is 6.19 Å². The maximum Gasteiger partial charge on any atom is 0.326 e. The van der Waals surface area contributed by atoms with Gasteiger partial charge in [-0.1, -0.05) is 59.6 Å². The van der Waals surface area contributed by atoms with Crippen molar-refractivity contribution in [1.29, 1.82) is 5.26 Å². The van der Waals surface area contributed by atoms with Crippen LogP contribution in [-0.2, 0) is 30.4 Å². The molecule has 3 amide bonds. The summed E-state index contributed by atoms with van der Waals surface area (Å²) in [6.45, 7) is 9.35. The van der Waals surface area contributed by atoms with Gasteiger partial charge in [-0.15, -0.1) is 0 Å². The van der Waals surface area contributed by atoms with Gasteiger partial charge in [0.2, 0.25) is 23.7 Å². The Bertz CT molecular complexity index is 1580. The van der Waals surface area contributed by atoms with E-state index in [-0.39, 0.29) is 61.7 Å². The number of nitrogens with zero attached hydrogens (tertiary/aromatic N) is 2. The van der Waals surface area contributed by atoms with Gasteiger partial charge in [0.25, 0.3) is 0 Å². The maximum absolute atomic E-state index is 13.2. The first kappa shape index (κ1) is 42.5. The third-order valence-electron chi connectivity index (χ3n) is 7.60. The molecule has 0 bridgehead atoms. The highest BCUT2D eigenvalue weighted by Crippen LogP contribution is 2.19. The summed E-state index contributed by atoms with van der Waals surface area (Å²) in [7, 11) is 1.56. The van der Waals surface area contributed by atoms with Gasteiger partial charge in [0.05, 0.1) is 19.2 Å². The predicted octanol–water partition coefficient (Wildman–Crippen LogP) is 4.07. The van der Waals surface area contributed by atoms with Gasteiger partial charge in [0, 0.05) is 12.1 Å². The molecule has 52 heavy (non-hydrogen) atoms. The lowest BCUT2D eigenvalue weighted by molar-refractivity contribution is -0.143. The van der Waals surface area contributed by atoms with Crippen molar-refractivity contribution in [3.8, 4) is 11.9 Å². The summed E-state index contributed by atoms with van der Waals surface area (Å²) >= 11 is 0. The van der Waals surface area contributed by atoms with E-state index in [1.807, 2.05) is 40.8 Å². The molecule has 0 saturated carbocycles. The standard InChI is InChI=1S/C37H51N7O8/c1-23(2)19-30(33(47)44-29(35(50)51)10-8-7-9-28(34(48)49)42-32(46)21-37(3,4)5)43-31(45)20-24-11-13-25(14-12-24)40-36(39-22-38)41-26-15-17-27(52-6)18-16-26/h11-18,23,28-30H,7-10,19-21H2,1-6H3,(H,42,46)(H,43,45)(H,44,47)(H,48,49)(H,50,51)(H2,39,40,41). The number of carbonyl (C=O) groups is 5. The summed E-state index contributed by atoms with van der Waals surface area (Å²) < 4.78 is 5.16. The van der Waals surface area contributed by atoms with Crippen molar-refractivity contribution >= 4 is 47.0 Å². The fourth-order valence-electron chi connectivity index (χ4n) is 5.11. The Hall–Kier alpha value is -5.65. The summed E-state index contributed by atoms with van der Waals surface area (Å²) in [6, 6.07) is 10.4. The molecule has 0 fully saturated rings. The molecule has 0 heterocycles. The zero-order chi connectivity index (χ0) is 38.8. The highest BCUT2D eigenvalue weighted by atomic mass is 16.5. The number of methoxy groups -OCH3 is 1. The van der Waals surface area contributed by atoms with Gasteiger partial charge in [-0.25, -0.2) is 14.6 Å². The molecule has 2 aromatic rings. The van der Waals surface area contributed by atoms with Crippen LogP contribution < -0.4 is 31.3 Å². The minimum absolute atomic E-state index is 0.000610. The Labute approximate surface area is 304 Å². The predicted molar refractivity (Wildman–Crippen MR) is 196 cm³/mol. The third-order valence-corrected chi connectivity index (χ3v) is 7.60. The Morgan fingerprint density at radius 2 is 1.38 bits per heavy atom. The van der Waals surface area contributed by atoms with E-state index in [1.54, 1.807) is 55.6 Å². The number of ether oxygens (including phenoxy) is 1. The first-order chi connectivity index (χ1) is 24.5. The van der Waals surface area contributed by atoms with Crippen LogP contribution >= 0.6 is 0 Å². The molecule has 0 spiro atoms. The first-order valence-electron chi connectivity index (χ1n) is 17.1. The summed E-state index contributed by atoms with van der Waals surface area (Å²) in [5, 5.41) is 41.8. The second kappa shape index (κ2) is 20.9. The number of rotatable bonds is 19. The molecule has 0 aliphatic carbocycles. The lowest BCUT2D eigenvalue weighted by atomic mass is 9.91. The van der Waals surface area contributed by atoms with Crippen LogP contribution in [0.15, 0.2) is 53.5 Å². The van der Waals surface area contributed by atoms with E-state index in [1.165, 1.54) is 0 Å².